The van der Waals surface area contributed by atoms with Crippen LogP contribution in [0, 0.1) is 0 Å². The highest BCUT2D eigenvalue weighted by atomic mass is 16.5. The summed E-state index contributed by atoms with van der Waals surface area (Å²) in [7, 11) is 1.25. The molecule has 2 atom stereocenters. The largest absolute Gasteiger partial charge is 0.508 e. The van der Waals surface area contributed by atoms with E-state index in [9.17, 15) is 25.2 Å². The van der Waals surface area contributed by atoms with Gasteiger partial charge in [-0.3, -0.25) is 4.79 Å². The van der Waals surface area contributed by atoms with Gasteiger partial charge in [0.15, 0.2) is 23.7 Å². The van der Waals surface area contributed by atoms with Crippen molar-refractivity contribution in [2.75, 3.05) is 7.11 Å². The molecule has 1 heterocycles. The minimum atomic E-state index is -1.66. The Balaban J connectivity index is 2.24. The summed E-state index contributed by atoms with van der Waals surface area (Å²) in [4.78, 5) is 12.9. The summed E-state index contributed by atoms with van der Waals surface area (Å²) in [5.41, 5.74) is 1.18. The number of phenolic OH excluding ortho intramolecular Hbond substituents is 3. The van der Waals surface area contributed by atoms with Crippen LogP contribution in [0.1, 0.15) is 41.4 Å². The van der Waals surface area contributed by atoms with Gasteiger partial charge < -0.3 is 29.9 Å². The lowest BCUT2D eigenvalue weighted by molar-refractivity contribution is 0.0197. The van der Waals surface area contributed by atoms with Crippen molar-refractivity contribution >= 4 is 5.78 Å². The zero-order valence-electron chi connectivity index (χ0n) is 15.8. The van der Waals surface area contributed by atoms with Crippen LogP contribution in [0.4, 0.5) is 0 Å². The first-order valence-electron chi connectivity index (χ1n) is 8.72. The molecule has 28 heavy (non-hydrogen) atoms. The summed E-state index contributed by atoms with van der Waals surface area (Å²) in [6.07, 6.45) is -0.819. The second-order valence-electron chi connectivity index (χ2n) is 6.81. The molecule has 4 N–H and O–H groups in total. The zero-order chi connectivity index (χ0) is 20.6. The van der Waals surface area contributed by atoms with Crippen LogP contribution < -0.4 is 9.47 Å². The Hall–Kier alpha value is -3.19. The van der Waals surface area contributed by atoms with Crippen LogP contribution in [-0.2, 0) is 6.42 Å². The zero-order valence-corrected chi connectivity index (χ0v) is 15.8. The fourth-order valence-electron chi connectivity index (χ4n) is 3.21. The molecule has 3 rings (SSSR count). The molecular formula is C21H22O7. The number of para-hydroxylation sites is 1. The Morgan fingerprint density at radius 3 is 2.46 bits per heavy atom. The van der Waals surface area contributed by atoms with Crippen LogP contribution in [0.2, 0.25) is 0 Å². The van der Waals surface area contributed by atoms with Crippen LogP contribution in [-0.4, -0.2) is 39.4 Å². The number of aliphatic hydroxyl groups is 1. The van der Waals surface area contributed by atoms with E-state index in [0.29, 0.717) is 0 Å². The van der Waals surface area contributed by atoms with Crippen molar-refractivity contribution in [2.45, 2.75) is 32.5 Å². The molecule has 0 saturated carbocycles. The number of ketones is 1. The van der Waals surface area contributed by atoms with Gasteiger partial charge >= 0.3 is 0 Å². The van der Waals surface area contributed by atoms with Gasteiger partial charge in [0.05, 0.1) is 7.11 Å². The van der Waals surface area contributed by atoms with E-state index in [4.69, 9.17) is 9.47 Å². The van der Waals surface area contributed by atoms with Crippen molar-refractivity contribution in [1.29, 1.82) is 0 Å². The molecule has 0 unspecified atom stereocenters. The third-order valence-corrected chi connectivity index (χ3v) is 4.66. The molecule has 0 bridgehead atoms. The Labute approximate surface area is 162 Å². The SMILES string of the molecule is COc1c(O)c(CC=C(C)C)c2c(c1O)C(=O)[C@H](O)[C@@H](c1ccccc1O)O2. The van der Waals surface area contributed by atoms with Crippen molar-refractivity contribution in [2.24, 2.45) is 0 Å². The highest BCUT2D eigenvalue weighted by Crippen LogP contribution is 2.52. The first-order valence-corrected chi connectivity index (χ1v) is 8.72. The maximum Gasteiger partial charge on any atom is 0.204 e. The van der Waals surface area contributed by atoms with E-state index in [1.807, 2.05) is 19.9 Å². The molecular weight excluding hydrogens is 364 g/mol. The monoisotopic (exact) mass is 386 g/mol. The fourth-order valence-corrected chi connectivity index (χ4v) is 3.21. The van der Waals surface area contributed by atoms with Crippen LogP contribution in [0.25, 0.3) is 0 Å². The van der Waals surface area contributed by atoms with Gasteiger partial charge in [-0.1, -0.05) is 29.8 Å². The number of ether oxygens (including phenoxy) is 2. The Morgan fingerprint density at radius 1 is 1.18 bits per heavy atom. The van der Waals surface area contributed by atoms with Gasteiger partial charge in [-0.05, 0) is 26.3 Å². The first kappa shape index (κ1) is 19.6. The highest BCUT2D eigenvalue weighted by molar-refractivity contribution is 6.07. The van der Waals surface area contributed by atoms with Gasteiger partial charge in [0, 0.05) is 11.1 Å². The van der Waals surface area contributed by atoms with Crippen molar-refractivity contribution in [1.82, 2.24) is 0 Å². The van der Waals surface area contributed by atoms with E-state index in [0.717, 1.165) is 5.57 Å². The highest BCUT2D eigenvalue weighted by Gasteiger charge is 2.43. The molecule has 0 radical (unpaired) electrons. The quantitative estimate of drug-likeness (QED) is 0.597. The minimum Gasteiger partial charge on any atom is -0.508 e. The Bertz CT molecular complexity index is 958. The van der Waals surface area contributed by atoms with Gasteiger partial charge in [0.25, 0.3) is 0 Å². The minimum absolute atomic E-state index is 0.0446. The normalized spacial score (nSPS) is 18.2. The summed E-state index contributed by atoms with van der Waals surface area (Å²) >= 11 is 0. The number of fused-ring (bicyclic) bond motifs is 1. The molecule has 1 aliphatic rings. The van der Waals surface area contributed by atoms with Crippen molar-refractivity contribution in [3.63, 3.8) is 0 Å². The second-order valence-corrected chi connectivity index (χ2v) is 6.81. The van der Waals surface area contributed by atoms with Gasteiger partial charge in [-0.2, -0.15) is 0 Å². The van der Waals surface area contributed by atoms with Crippen LogP contribution in [0.3, 0.4) is 0 Å². The lowest BCUT2D eigenvalue weighted by Crippen LogP contribution is -2.36. The number of carbonyl (C=O) groups excluding carboxylic acids is 1. The molecule has 0 spiro atoms. The summed E-state index contributed by atoms with van der Waals surface area (Å²) in [6.45, 7) is 3.75. The molecule has 0 amide bonds. The number of Topliss-reactive ketones (excluding diaryl/α,β-unsaturated/α-hetero) is 1. The molecule has 0 saturated heterocycles. The van der Waals surface area contributed by atoms with Crippen LogP contribution in [0.15, 0.2) is 35.9 Å². The number of rotatable bonds is 4. The van der Waals surface area contributed by atoms with E-state index >= 15 is 0 Å². The van der Waals surface area contributed by atoms with Gasteiger partial charge in [-0.25, -0.2) is 0 Å². The number of benzene rings is 2. The predicted molar refractivity (Wildman–Crippen MR) is 101 cm³/mol. The molecule has 2 aromatic rings. The van der Waals surface area contributed by atoms with Crippen LogP contribution >= 0.6 is 0 Å². The first-order chi connectivity index (χ1) is 13.3. The van der Waals surface area contributed by atoms with E-state index < -0.39 is 23.7 Å². The predicted octanol–water partition coefficient (Wildman–Crippen LogP) is 3.00. The molecule has 2 aromatic carbocycles. The maximum atomic E-state index is 12.9. The summed E-state index contributed by atoms with van der Waals surface area (Å²) in [5, 5.41) is 41.7. The Kier molecular flexibility index (Phi) is 5.20. The average Bonchev–Trinajstić information content (AvgIpc) is 2.65. The topological polar surface area (TPSA) is 116 Å². The summed E-state index contributed by atoms with van der Waals surface area (Å²) < 4.78 is 10.9. The lowest BCUT2D eigenvalue weighted by atomic mass is 9.89. The number of hydrogen-bond acceptors (Lipinski definition) is 7. The standard InChI is InChI=1S/C21H22O7/c1-10(2)8-9-12-15(23)21(27-3)17(25)14-16(24)18(26)20(28-19(12)14)11-6-4-5-7-13(11)22/h4-8,18,20,22-23,25-26H,9H2,1-3H3/t18-,20+/m0/s1. The maximum absolute atomic E-state index is 12.9. The molecule has 7 nitrogen and oxygen atoms in total. The van der Waals surface area contributed by atoms with Gasteiger partial charge in [-0.15, -0.1) is 0 Å². The van der Waals surface area contributed by atoms with Crippen molar-refractivity contribution < 1.29 is 34.7 Å². The molecule has 148 valence electrons. The Morgan fingerprint density at radius 2 is 1.86 bits per heavy atom. The van der Waals surface area contributed by atoms with Crippen molar-refractivity contribution in [3.8, 4) is 28.7 Å². The van der Waals surface area contributed by atoms with Gasteiger partial charge in [0.2, 0.25) is 11.5 Å². The number of carbonyl (C=O) groups is 1. The average molecular weight is 386 g/mol. The molecule has 0 aliphatic carbocycles. The van der Waals surface area contributed by atoms with E-state index in [1.165, 1.54) is 19.2 Å². The number of hydrogen-bond donors (Lipinski definition) is 4. The number of aromatic hydroxyl groups is 3. The number of aliphatic hydroxyl groups excluding tert-OH is 1. The third-order valence-electron chi connectivity index (χ3n) is 4.66. The van der Waals surface area contributed by atoms with E-state index in [1.54, 1.807) is 12.1 Å². The lowest BCUT2D eigenvalue weighted by Gasteiger charge is -2.32. The molecule has 0 aromatic heterocycles. The number of methoxy groups -OCH3 is 1. The smallest absolute Gasteiger partial charge is 0.204 e. The van der Waals surface area contributed by atoms with Crippen LogP contribution in [0.5, 0.6) is 28.7 Å². The van der Waals surface area contributed by atoms with Crippen molar-refractivity contribution in [3.05, 3.63) is 52.6 Å². The number of phenols is 3. The molecule has 7 heteroatoms. The van der Waals surface area contributed by atoms with Gasteiger partial charge in [0.1, 0.15) is 17.1 Å². The second kappa shape index (κ2) is 7.44. The molecule has 1 aliphatic heterocycles. The fraction of sp³-hybridized carbons (Fsp3) is 0.286. The van der Waals surface area contributed by atoms with E-state index in [-0.39, 0.29) is 46.1 Å². The number of allylic oxidation sites excluding steroid dienone is 2. The third kappa shape index (κ3) is 3.14. The summed E-state index contributed by atoms with van der Waals surface area (Å²) in [5.74, 6) is -2.19. The summed E-state index contributed by atoms with van der Waals surface area (Å²) in [6, 6.07) is 6.18. The molecule has 0 fully saturated rings. The van der Waals surface area contributed by atoms with E-state index in [2.05, 4.69) is 0 Å².